The molecular formula is C6H10O2Y-2. The van der Waals surface area contributed by atoms with Crippen molar-refractivity contribution in [2.24, 2.45) is 0 Å². The summed E-state index contributed by atoms with van der Waals surface area (Å²) in [7, 11) is 0. The Morgan fingerprint density at radius 1 is 1.00 bits per heavy atom. The van der Waals surface area contributed by atoms with E-state index < -0.39 is 0 Å². The molecule has 51 valence electrons. The van der Waals surface area contributed by atoms with Gasteiger partial charge in [-0.3, -0.25) is 0 Å². The van der Waals surface area contributed by atoms with Crippen LogP contribution in [0.2, 0.25) is 0 Å². The molecule has 0 bridgehead atoms. The fourth-order valence-corrected chi connectivity index (χ4v) is 0. The molecule has 3 heteroatoms. The summed E-state index contributed by atoms with van der Waals surface area (Å²) in [5, 5.41) is 0. The second-order valence-corrected chi connectivity index (χ2v) is 1.40. The topological polar surface area (TPSA) is 34.1 Å². The van der Waals surface area contributed by atoms with Gasteiger partial charge in [0.15, 0.2) is 0 Å². The van der Waals surface area contributed by atoms with Gasteiger partial charge in [0.05, 0.1) is 0 Å². The van der Waals surface area contributed by atoms with Gasteiger partial charge in [0.2, 0.25) is 0 Å². The van der Waals surface area contributed by atoms with Crippen LogP contribution in [-0.2, 0) is 42.3 Å². The van der Waals surface area contributed by atoms with Crippen LogP contribution >= 0.6 is 0 Å². The third kappa shape index (κ3) is 9250. The zero-order valence-corrected chi connectivity index (χ0v) is 8.65. The van der Waals surface area contributed by atoms with Crippen molar-refractivity contribution in [2.45, 2.75) is 13.8 Å². The minimum atomic E-state index is -0.0833. The van der Waals surface area contributed by atoms with Crippen LogP contribution in [0.5, 0.6) is 0 Å². The summed E-state index contributed by atoms with van der Waals surface area (Å²) < 4.78 is 0. The molecule has 2 nitrogen and oxygen atoms in total. The van der Waals surface area contributed by atoms with Crippen molar-refractivity contribution >= 4 is 11.6 Å². The van der Waals surface area contributed by atoms with Crippen LogP contribution in [0.15, 0.2) is 0 Å². The normalized spacial score (nSPS) is 5.56. The number of hydrogen-bond donors (Lipinski definition) is 0. The quantitative estimate of drug-likeness (QED) is 0.546. The van der Waals surface area contributed by atoms with Crippen molar-refractivity contribution in [3.63, 3.8) is 0 Å². The number of carbonyl (C=O) groups excluding carboxylic acids is 2. The Balaban J connectivity index is -0.0000000720. The molecule has 0 N–H and O–H groups in total. The Morgan fingerprint density at radius 3 is 1.00 bits per heavy atom. The van der Waals surface area contributed by atoms with Crippen LogP contribution in [0.1, 0.15) is 13.8 Å². The molecule has 0 aromatic carbocycles. The van der Waals surface area contributed by atoms with Gasteiger partial charge in [-0.25, -0.2) is 0 Å². The van der Waals surface area contributed by atoms with Crippen LogP contribution in [0.25, 0.3) is 0 Å². The first-order valence-corrected chi connectivity index (χ1v) is 2.12. The number of Topliss-reactive ketones (excluding diaryl/α,β-unsaturated/α-hetero) is 2. The van der Waals surface area contributed by atoms with Gasteiger partial charge in [-0.1, -0.05) is 0 Å². The third-order valence-electron chi connectivity index (χ3n) is 0. The van der Waals surface area contributed by atoms with E-state index in [1.807, 2.05) is 0 Å². The van der Waals surface area contributed by atoms with E-state index in [4.69, 9.17) is 0 Å². The van der Waals surface area contributed by atoms with E-state index in [9.17, 15) is 9.59 Å². The molecule has 0 aliphatic rings. The van der Waals surface area contributed by atoms with E-state index >= 15 is 0 Å². The summed E-state index contributed by atoms with van der Waals surface area (Å²) in [6.07, 6.45) is 0. The van der Waals surface area contributed by atoms with Crippen molar-refractivity contribution in [1.29, 1.82) is 0 Å². The molecule has 0 aliphatic heterocycles. The molecule has 0 aliphatic carbocycles. The average molecular weight is 203 g/mol. The molecule has 0 rings (SSSR count). The second kappa shape index (κ2) is 11.0. The minimum Gasteiger partial charge on any atom is -0.340 e. The summed E-state index contributed by atoms with van der Waals surface area (Å²) in [5.41, 5.74) is 0. The minimum absolute atomic E-state index is 0. The van der Waals surface area contributed by atoms with E-state index in [-0.39, 0.29) is 44.3 Å². The largest absolute Gasteiger partial charge is 0.340 e. The molecule has 0 saturated heterocycles. The van der Waals surface area contributed by atoms with E-state index in [0.29, 0.717) is 0 Å². The zero-order chi connectivity index (χ0) is 7.15. The molecule has 0 amide bonds. The number of rotatable bonds is 0. The van der Waals surface area contributed by atoms with Crippen LogP contribution in [-0.4, -0.2) is 11.6 Å². The zero-order valence-electron chi connectivity index (χ0n) is 5.81. The van der Waals surface area contributed by atoms with Crippen LogP contribution in [0, 0.1) is 13.8 Å². The number of ketones is 2. The summed E-state index contributed by atoms with van der Waals surface area (Å²) in [6.45, 7) is 8.83. The standard InChI is InChI=1S/2C3H5O.Y/c2*1-3(2)4;/h2*1H2,2H3;/q2*-1;. The average Bonchev–Trinajstić information content (AvgIpc) is 1.25. The van der Waals surface area contributed by atoms with Crippen molar-refractivity contribution in [1.82, 2.24) is 0 Å². The molecule has 0 unspecified atom stereocenters. The van der Waals surface area contributed by atoms with Gasteiger partial charge in [0.25, 0.3) is 0 Å². The smallest absolute Gasteiger partial charge is 0 e. The predicted molar refractivity (Wildman–Crippen MR) is 32.1 cm³/mol. The molecule has 0 heterocycles. The first-order chi connectivity index (χ1) is 3.46. The van der Waals surface area contributed by atoms with Gasteiger partial charge in [-0.2, -0.15) is 0 Å². The number of carbonyl (C=O) groups is 2. The van der Waals surface area contributed by atoms with E-state index in [1.54, 1.807) is 0 Å². The molecule has 9 heavy (non-hydrogen) atoms. The monoisotopic (exact) mass is 203 g/mol. The summed E-state index contributed by atoms with van der Waals surface area (Å²) in [6, 6.07) is 0. The maximum atomic E-state index is 9.33. The second-order valence-electron chi connectivity index (χ2n) is 1.40. The Kier molecular flexibility index (Phi) is 19.7. The first-order valence-electron chi connectivity index (χ1n) is 2.12. The maximum absolute atomic E-state index is 9.33. The third-order valence-corrected chi connectivity index (χ3v) is 0. The molecule has 0 spiro atoms. The van der Waals surface area contributed by atoms with E-state index in [0.717, 1.165) is 0 Å². The number of hydrogen-bond acceptors (Lipinski definition) is 2. The van der Waals surface area contributed by atoms with Crippen LogP contribution < -0.4 is 0 Å². The Bertz CT molecular complexity index is 69.1. The van der Waals surface area contributed by atoms with Crippen LogP contribution in [0.3, 0.4) is 0 Å². The summed E-state index contributed by atoms with van der Waals surface area (Å²) in [5.74, 6) is -0.167. The van der Waals surface area contributed by atoms with Gasteiger partial charge >= 0.3 is 0 Å². The Morgan fingerprint density at radius 2 is 1.00 bits per heavy atom. The van der Waals surface area contributed by atoms with Gasteiger partial charge in [-0.05, 0) is 25.4 Å². The fraction of sp³-hybridized carbons (Fsp3) is 0.333. The molecule has 0 aromatic rings. The predicted octanol–water partition coefficient (Wildman–Crippen LogP) is 0.816. The Labute approximate surface area is 81.3 Å². The van der Waals surface area contributed by atoms with Crippen LogP contribution in [0.4, 0.5) is 0 Å². The first kappa shape index (κ1) is 16.1. The van der Waals surface area contributed by atoms with Gasteiger partial charge in [0, 0.05) is 32.7 Å². The summed E-state index contributed by atoms with van der Waals surface area (Å²) >= 11 is 0. The van der Waals surface area contributed by atoms with Gasteiger partial charge in [0.1, 0.15) is 0 Å². The van der Waals surface area contributed by atoms with Gasteiger partial charge < -0.3 is 23.4 Å². The van der Waals surface area contributed by atoms with Crippen molar-refractivity contribution in [3.8, 4) is 0 Å². The molecule has 0 fully saturated rings. The Hall–Kier alpha value is 0.184. The maximum Gasteiger partial charge on any atom is 0 e. The van der Waals surface area contributed by atoms with Gasteiger partial charge in [-0.15, -0.1) is 0 Å². The molecule has 1 radical (unpaired) electrons. The van der Waals surface area contributed by atoms with Crippen molar-refractivity contribution in [2.75, 3.05) is 0 Å². The van der Waals surface area contributed by atoms with E-state index in [2.05, 4.69) is 13.8 Å². The van der Waals surface area contributed by atoms with E-state index in [1.165, 1.54) is 13.8 Å². The SMILES string of the molecule is [CH2-]C(C)=O.[CH2-]C(C)=O.[Y]. The van der Waals surface area contributed by atoms with Crippen molar-refractivity contribution < 1.29 is 42.3 Å². The summed E-state index contributed by atoms with van der Waals surface area (Å²) in [4.78, 5) is 18.7. The molecule has 0 atom stereocenters. The molecule has 0 saturated carbocycles. The molecule has 0 aromatic heterocycles. The van der Waals surface area contributed by atoms with Crippen molar-refractivity contribution in [3.05, 3.63) is 13.8 Å². The fourth-order valence-electron chi connectivity index (χ4n) is 0. The molecular weight excluding hydrogens is 193 g/mol.